The third kappa shape index (κ3) is 2.42. The van der Waals surface area contributed by atoms with E-state index in [4.69, 9.17) is 0 Å². The van der Waals surface area contributed by atoms with Crippen molar-refractivity contribution >= 4 is 0 Å². The number of halogens is 2. The topological polar surface area (TPSA) is 0 Å². The fourth-order valence-corrected chi connectivity index (χ4v) is 2.01. The average molecular weight is 248 g/mol. The molecule has 2 heteroatoms. The molecule has 0 aromatic rings. The fraction of sp³-hybridized carbons (Fsp3) is 0.250. The maximum absolute atomic E-state index is 14.2. The second-order valence-electron chi connectivity index (χ2n) is 4.05. The molecule has 0 nitrogen and oxygen atoms in total. The van der Waals surface area contributed by atoms with E-state index in [1.807, 2.05) is 6.92 Å². The minimum atomic E-state index is -2.90. The fourth-order valence-electron chi connectivity index (χ4n) is 2.01. The van der Waals surface area contributed by atoms with Gasteiger partial charge in [0, 0.05) is 11.1 Å². The Morgan fingerprint density at radius 3 is 2.39 bits per heavy atom. The van der Waals surface area contributed by atoms with Crippen LogP contribution >= 0.6 is 0 Å². The molecule has 1 rings (SSSR count). The lowest BCUT2D eigenvalue weighted by atomic mass is 10.0. The first kappa shape index (κ1) is 14.4. The summed E-state index contributed by atoms with van der Waals surface area (Å²) < 4.78 is 28.4. The van der Waals surface area contributed by atoms with E-state index in [-0.39, 0.29) is 11.1 Å². The van der Waals surface area contributed by atoms with Gasteiger partial charge in [-0.15, -0.1) is 0 Å². The average Bonchev–Trinajstić information content (AvgIpc) is 2.50. The third-order valence-electron chi connectivity index (χ3n) is 2.89. The van der Waals surface area contributed by atoms with Gasteiger partial charge in [-0.3, -0.25) is 0 Å². The summed E-state index contributed by atoms with van der Waals surface area (Å²) in [5, 5.41) is 0. The van der Waals surface area contributed by atoms with Crippen LogP contribution in [0.2, 0.25) is 0 Å². The van der Waals surface area contributed by atoms with Gasteiger partial charge in [0.05, 0.1) is 0 Å². The molecule has 1 aliphatic carbocycles. The number of hydrogen-bond acceptors (Lipinski definition) is 0. The van der Waals surface area contributed by atoms with Crippen molar-refractivity contribution in [2.75, 3.05) is 0 Å². The van der Waals surface area contributed by atoms with Gasteiger partial charge in [0.2, 0.25) is 0 Å². The first-order valence-electron chi connectivity index (χ1n) is 5.93. The Labute approximate surface area is 107 Å². The molecular formula is C16H18F2. The molecule has 0 atom stereocenters. The highest BCUT2D eigenvalue weighted by molar-refractivity contribution is 5.66. The minimum absolute atomic E-state index is 0.0751. The van der Waals surface area contributed by atoms with Crippen LogP contribution in [0.3, 0.4) is 0 Å². The molecule has 0 saturated heterocycles. The van der Waals surface area contributed by atoms with Gasteiger partial charge in [-0.25, -0.2) is 0 Å². The molecule has 0 aromatic carbocycles. The van der Waals surface area contributed by atoms with Crippen molar-refractivity contribution in [3.8, 4) is 0 Å². The van der Waals surface area contributed by atoms with Crippen LogP contribution in [0.1, 0.15) is 20.3 Å². The zero-order valence-electron chi connectivity index (χ0n) is 10.8. The Bertz CT molecular complexity index is 471. The molecule has 0 aromatic heterocycles. The lowest BCUT2D eigenvalue weighted by Gasteiger charge is -2.13. The molecular weight excluding hydrogens is 230 g/mol. The third-order valence-corrected chi connectivity index (χ3v) is 2.89. The summed E-state index contributed by atoms with van der Waals surface area (Å²) in [6.07, 6.45) is 10.2. The molecule has 0 radical (unpaired) electrons. The van der Waals surface area contributed by atoms with E-state index in [0.717, 1.165) is 0 Å². The molecule has 0 unspecified atom stereocenters. The van der Waals surface area contributed by atoms with Crippen LogP contribution in [0.15, 0.2) is 71.9 Å². The molecule has 0 fully saturated rings. The molecule has 0 spiro atoms. The SMILES string of the molecule is C=C/C=C\C1=C(C)C(F)(F)C(=C/CC)/C1=C\C=C. The Morgan fingerprint density at radius 2 is 1.89 bits per heavy atom. The van der Waals surface area contributed by atoms with Gasteiger partial charge >= 0.3 is 0 Å². The predicted octanol–water partition coefficient (Wildman–Crippen LogP) is 5.14. The van der Waals surface area contributed by atoms with Gasteiger partial charge in [0.1, 0.15) is 0 Å². The van der Waals surface area contributed by atoms with Crippen molar-refractivity contribution in [3.05, 3.63) is 71.9 Å². The van der Waals surface area contributed by atoms with E-state index in [2.05, 4.69) is 13.2 Å². The van der Waals surface area contributed by atoms with Gasteiger partial charge in [0.15, 0.2) is 0 Å². The normalized spacial score (nSPS) is 23.3. The van der Waals surface area contributed by atoms with E-state index in [1.165, 1.54) is 13.0 Å². The number of alkyl halides is 2. The van der Waals surface area contributed by atoms with Gasteiger partial charge in [-0.2, -0.15) is 8.78 Å². The summed E-state index contributed by atoms with van der Waals surface area (Å²) in [4.78, 5) is 0. The van der Waals surface area contributed by atoms with Crippen LogP contribution in [0.5, 0.6) is 0 Å². The molecule has 0 heterocycles. The maximum atomic E-state index is 14.2. The molecule has 96 valence electrons. The highest BCUT2D eigenvalue weighted by atomic mass is 19.3. The summed E-state index contributed by atoms with van der Waals surface area (Å²) in [5.74, 6) is -2.90. The van der Waals surface area contributed by atoms with Crippen LogP contribution in [-0.2, 0) is 0 Å². The van der Waals surface area contributed by atoms with Gasteiger partial charge in [-0.05, 0) is 24.5 Å². The lowest BCUT2D eigenvalue weighted by Crippen LogP contribution is -2.16. The number of hydrogen-bond donors (Lipinski definition) is 0. The van der Waals surface area contributed by atoms with Crippen molar-refractivity contribution in [3.63, 3.8) is 0 Å². The van der Waals surface area contributed by atoms with E-state index >= 15 is 0 Å². The highest BCUT2D eigenvalue weighted by Gasteiger charge is 2.45. The van der Waals surface area contributed by atoms with Crippen LogP contribution in [0, 0.1) is 0 Å². The van der Waals surface area contributed by atoms with Crippen LogP contribution < -0.4 is 0 Å². The Kier molecular flexibility index (Phi) is 4.60. The Hall–Kier alpha value is -1.70. The summed E-state index contributed by atoms with van der Waals surface area (Å²) in [5.41, 5.74) is 1.26. The van der Waals surface area contributed by atoms with Crippen molar-refractivity contribution in [2.45, 2.75) is 26.2 Å². The van der Waals surface area contributed by atoms with Crippen LogP contribution in [0.25, 0.3) is 0 Å². The number of allylic oxidation sites excluding steroid dienone is 10. The molecule has 0 N–H and O–H groups in total. The summed E-state index contributed by atoms with van der Waals surface area (Å²) in [7, 11) is 0. The molecule has 0 aliphatic heterocycles. The smallest absolute Gasteiger partial charge is 0.196 e. The highest BCUT2D eigenvalue weighted by Crippen LogP contribution is 2.48. The molecule has 18 heavy (non-hydrogen) atoms. The summed E-state index contributed by atoms with van der Waals surface area (Å²) in [6.45, 7) is 10.5. The van der Waals surface area contributed by atoms with Crippen molar-refractivity contribution < 1.29 is 8.78 Å². The van der Waals surface area contributed by atoms with E-state index in [0.29, 0.717) is 17.6 Å². The summed E-state index contributed by atoms with van der Waals surface area (Å²) >= 11 is 0. The quantitative estimate of drug-likeness (QED) is 0.604. The molecule has 0 saturated carbocycles. The zero-order chi connectivity index (χ0) is 13.8. The van der Waals surface area contributed by atoms with Crippen molar-refractivity contribution in [1.29, 1.82) is 0 Å². The lowest BCUT2D eigenvalue weighted by molar-refractivity contribution is 0.0906. The first-order chi connectivity index (χ1) is 8.50. The van der Waals surface area contributed by atoms with Crippen LogP contribution in [-0.4, -0.2) is 5.92 Å². The second kappa shape index (κ2) is 5.76. The van der Waals surface area contributed by atoms with Crippen molar-refractivity contribution in [1.82, 2.24) is 0 Å². The second-order valence-corrected chi connectivity index (χ2v) is 4.05. The van der Waals surface area contributed by atoms with Gasteiger partial charge in [-0.1, -0.05) is 56.5 Å². The van der Waals surface area contributed by atoms with Crippen molar-refractivity contribution in [2.24, 2.45) is 0 Å². The standard InChI is InChI=1S/C16H18F2/c1-5-8-11-13-12(4)16(17,18)15(10-7-3)14(13)9-6-2/h5-6,8-11H,1-2,7H2,3-4H3/b11-8-,14-9-,15-10+. The zero-order valence-corrected chi connectivity index (χ0v) is 10.8. The van der Waals surface area contributed by atoms with E-state index in [9.17, 15) is 8.78 Å². The largest absolute Gasteiger partial charge is 0.295 e. The van der Waals surface area contributed by atoms with Gasteiger partial charge < -0.3 is 0 Å². The van der Waals surface area contributed by atoms with E-state index < -0.39 is 5.92 Å². The van der Waals surface area contributed by atoms with E-state index in [1.54, 1.807) is 30.4 Å². The van der Waals surface area contributed by atoms with Gasteiger partial charge in [0.25, 0.3) is 5.92 Å². The Balaban J connectivity index is 3.46. The summed E-state index contributed by atoms with van der Waals surface area (Å²) in [6, 6.07) is 0. The van der Waals surface area contributed by atoms with Crippen LogP contribution in [0.4, 0.5) is 8.78 Å². The predicted molar refractivity (Wildman–Crippen MR) is 73.6 cm³/mol. The maximum Gasteiger partial charge on any atom is 0.295 e. The molecule has 1 aliphatic rings. The molecule has 0 amide bonds. The monoisotopic (exact) mass is 248 g/mol. The first-order valence-corrected chi connectivity index (χ1v) is 5.93. The number of rotatable bonds is 4. The minimum Gasteiger partial charge on any atom is -0.196 e. The Morgan fingerprint density at radius 1 is 1.22 bits per heavy atom. The molecule has 0 bridgehead atoms.